The average Bonchev–Trinajstić information content (AvgIpc) is 2.60. The van der Waals surface area contributed by atoms with Gasteiger partial charge >= 0.3 is 6.18 Å². The zero-order chi connectivity index (χ0) is 19.3. The summed E-state index contributed by atoms with van der Waals surface area (Å²) in [6.07, 6.45) is 0.820. The number of carbonyl (C=O) groups excluding carboxylic acids is 1. The molecule has 1 atom stereocenters. The highest BCUT2D eigenvalue weighted by Crippen LogP contribution is 2.36. The van der Waals surface area contributed by atoms with E-state index in [1.807, 2.05) is 17.9 Å². The van der Waals surface area contributed by atoms with Crippen LogP contribution < -0.4 is 5.32 Å². The lowest BCUT2D eigenvalue weighted by Crippen LogP contribution is -2.35. The molecule has 0 spiro atoms. The molecule has 1 aromatic rings. The fourth-order valence-electron chi connectivity index (χ4n) is 2.95. The Labute approximate surface area is 155 Å². The van der Waals surface area contributed by atoms with Gasteiger partial charge in [-0.15, -0.1) is 0 Å². The number of rotatable bonds is 4. The number of nitrogens with one attached hydrogen (secondary N) is 1. The van der Waals surface area contributed by atoms with Gasteiger partial charge in [-0.1, -0.05) is 18.5 Å². The van der Waals surface area contributed by atoms with Gasteiger partial charge in [0.05, 0.1) is 10.6 Å². The van der Waals surface area contributed by atoms with Gasteiger partial charge in [-0.25, -0.2) is 0 Å². The molecule has 140 valence electrons. The first-order valence-electron chi connectivity index (χ1n) is 8.32. The topological polar surface area (TPSA) is 56.1 Å². The Hall–Kier alpha value is -2.20. The maximum atomic E-state index is 12.9. The zero-order valence-electron chi connectivity index (χ0n) is 14.2. The molecule has 2 rings (SSSR count). The lowest BCUT2D eigenvalue weighted by Gasteiger charge is -2.34. The molecule has 26 heavy (non-hydrogen) atoms. The van der Waals surface area contributed by atoms with Crippen molar-refractivity contribution in [2.24, 2.45) is 0 Å². The summed E-state index contributed by atoms with van der Waals surface area (Å²) in [6, 6.07) is 5.17. The molecule has 1 unspecified atom stereocenters. The van der Waals surface area contributed by atoms with Crippen LogP contribution >= 0.6 is 11.6 Å². The fourth-order valence-corrected chi connectivity index (χ4v) is 3.18. The van der Waals surface area contributed by atoms with E-state index in [1.165, 1.54) is 12.3 Å². The predicted octanol–water partition coefficient (Wildman–Crippen LogP) is 4.97. The number of benzene rings is 1. The summed E-state index contributed by atoms with van der Waals surface area (Å²) in [5.74, 6) is -0.747. The molecule has 4 nitrogen and oxygen atoms in total. The van der Waals surface area contributed by atoms with Gasteiger partial charge < -0.3 is 10.2 Å². The van der Waals surface area contributed by atoms with Crippen LogP contribution in [0.2, 0.25) is 5.02 Å². The van der Waals surface area contributed by atoms with Crippen molar-refractivity contribution in [3.63, 3.8) is 0 Å². The molecular formula is C18H19ClF3N3O. The van der Waals surface area contributed by atoms with Crippen LogP contribution in [0.3, 0.4) is 0 Å². The number of anilines is 1. The van der Waals surface area contributed by atoms with Gasteiger partial charge in [-0.2, -0.15) is 18.4 Å². The van der Waals surface area contributed by atoms with Gasteiger partial charge in [-0.05, 0) is 43.9 Å². The predicted molar refractivity (Wildman–Crippen MR) is 93.4 cm³/mol. The number of carbonyl (C=O) groups is 1. The molecule has 0 radical (unpaired) electrons. The number of nitriles is 1. The van der Waals surface area contributed by atoms with E-state index in [0.29, 0.717) is 0 Å². The third-order valence-electron chi connectivity index (χ3n) is 4.33. The van der Waals surface area contributed by atoms with Crippen molar-refractivity contribution in [3.05, 3.63) is 40.6 Å². The average molecular weight is 386 g/mol. The summed E-state index contributed by atoms with van der Waals surface area (Å²) in [5, 5.41) is 11.2. The first-order valence-corrected chi connectivity index (χ1v) is 8.69. The monoisotopic (exact) mass is 385 g/mol. The molecule has 1 amide bonds. The second-order valence-electron chi connectivity index (χ2n) is 6.10. The Balaban J connectivity index is 2.19. The van der Waals surface area contributed by atoms with Crippen LogP contribution in [-0.2, 0) is 11.0 Å². The summed E-state index contributed by atoms with van der Waals surface area (Å²) in [5.41, 5.74) is -1.26. The van der Waals surface area contributed by atoms with Gasteiger partial charge in [0, 0.05) is 24.5 Å². The Morgan fingerprint density at radius 2 is 2.19 bits per heavy atom. The maximum Gasteiger partial charge on any atom is 0.417 e. The normalized spacial score (nSPS) is 18.4. The van der Waals surface area contributed by atoms with E-state index in [-0.39, 0.29) is 17.3 Å². The summed E-state index contributed by atoms with van der Waals surface area (Å²) in [7, 11) is 0. The van der Waals surface area contributed by atoms with Crippen LogP contribution in [0, 0.1) is 11.3 Å². The zero-order valence-corrected chi connectivity index (χ0v) is 15.0. The second-order valence-corrected chi connectivity index (χ2v) is 6.50. The molecule has 1 heterocycles. The smallest absolute Gasteiger partial charge is 0.373 e. The highest BCUT2D eigenvalue weighted by atomic mass is 35.5. The number of hydrogen-bond acceptors (Lipinski definition) is 3. The molecule has 1 fully saturated rings. The molecular weight excluding hydrogens is 367 g/mol. The fraction of sp³-hybridized carbons (Fsp3) is 0.444. The van der Waals surface area contributed by atoms with Crippen LogP contribution in [0.25, 0.3) is 0 Å². The minimum Gasteiger partial charge on any atom is -0.373 e. The Kier molecular flexibility index (Phi) is 6.54. The van der Waals surface area contributed by atoms with Crippen molar-refractivity contribution in [1.29, 1.82) is 5.26 Å². The number of amides is 1. The number of hydrogen-bond donors (Lipinski definition) is 1. The van der Waals surface area contributed by atoms with Crippen LogP contribution in [0.4, 0.5) is 18.9 Å². The number of likely N-dealkylation sites (tertiary alicyclic amines) is 1. The van der Waals surface area contributed by atoms with Crippen molar-refractivity contribution in [2.75, 3.05) is 11.9 Å². The van der Waals surface area contributed by atoms with Crippen LogP contribution in [0.15, 0.2) is 30.0 Å². The molecule has 8 heteroatoms. The van der Waals surface area contributed by atoms with Gasteiger partial charge in [0.2, 0.25) is 0 Å². The molecule has 1 aliphatic rings. The largest absolute Gasteiger partial charge is 0.417 e. The van der Waals surface area contributed by atoms with E-state index in [9.17, 15) is 23.2 Å². The summed E-state index contributed by atoms with van der Waals surface area (Å²) < 4.78 is 38.7. The first kappa shape index (κ1) is 20.1. The molecule has 1 aliphatic heterocycles. The SMILES string of the molecule is CCC1CCCCN1/C=C(/C#N)C(=O)Nc1ccc(Cl)c(C(F)(F)F)c1. The molecule has 1 N–H and O–H groups in total. The van der Waals surface area contributed by atoms with Crippen LogP contribution in [0.5, 0.6) is 0 Å². The first-order chi connectivity index (χ1) is 12.3. The molecule has 0 bridgehead atoms. The van der Waals surface area contributed by atoms with E-state index in [2.05, 4.69) is 5.32 Å². The third kappa shape index (κ3) is 4.92. The molecule has 0 aromatic heterocycles. The molecule has 1 saturated heterocycles. The molecule has 0 saturated carbocycles. The number of piperidine rings is 1. The van der Waals surface area contributed by atoms with Crippen molar-refractivity contribution in [1.82, 2.24) is 4.90 Å². The van der Waals surface area contributed by atoms with Crippen LogP contribution in [0.1, 0.15) is 38.2 Å². The highest BCUT2D eigenvalue weighted by molar-refractivity contribution is 6.31. The Bertz CT molecular complexity index is 740. The molecule has 0 aliphatic carbocycles. The van der Waals surface area contributed by atoms with E-state index in [1.54, 1.807) is 0 Å². The Morgan fingerprint density at radius 1 is 1.46 bits per heavy atom. The quantitative estimate of drug-likeness (QED) is 0.588. The van der Waals surface area contributed by atoms with E-state index < -0.39 is 22.7 Å². The van der Waals surface area contributed by atoms with E-state index in [4.69, 9.17) is 11.6 Å². The lowest BCUT2D eigenvalue weighted by molar-refractivity contribution is -0.137. The van der Waals surface area contributed by atoms with E-state index >= 15 is 0 Å². The minimum atomic E-state index is -4.63. The highest BCUT2D eigenvalue weighted by Gasteiger charge is 2.33. The maximum absolute atomic E-state index is 12.9. The summed E-state index contributed by atoms with van der Waals surface area (Å²) >= 11 is 5.56. The van der Waals surface area contributed by atoms with Crippen molar-refractivity contribution in [2.45, 2.75) is 44.8 Å². The van der Waals surface area contributed by atoms with Gasteiger partial charge in [0.25, 0.3) is 5.91 Å². The van der Waals surface area contributed by atoms with E-state index in [0.717, 1.165) is 44.4 Å². The lowest BCUT2D eigenvalue weighted by atomic mass is 10.0. The number of nitrogens with zero attached hydrogens (tertiary/aromatic N) is 2. The summed E-state index contributed by atoms with van der Waals surface area (Å²) in [4.78, 5) is 14.3. The van der Waals surface area contributed by atoms with Crippen molar-refractivity contribution >= 4 is 23.2 Å². The van der Waals surface area contributed by atoms with Gasteiger partial charge in [0.15, 0.2) is 0 Å². The molecule has 1 aromatic carbocycles. The summed E-state index contributed by atoms with van der Waals surface area (Å²) in [6.45, 7) is 2.78. The van der Waals surface area contributed by atoms with Crippen molar-refractivity contribution in [3.8, 4) is 6.07 Å². The Morgan fingerprint density at radius 3 is 2.81 bits per heavy atom. The minimum absolute atomic E-state index is 0.0708. The standard InChI is InChI=1S/C18H19ClF3N3O/c1-2-14-5-3-4-8-25(14)11-12(10-23)17(26)24-13-6-7-16(19)15(9-13)18(20,21)22/h6-7,9,11,14H,2-5,8H2,1H3,(H,24,26)/b12-11-. The third-order valence-corrected chi connectivity index (χ3v) is 4.66. The van der Waals surface area contributed by atoms with Gasteiger partial charge in [0.1, 0.15) is 11.6 Å². The number of alkyl halides is 3. The van der Waals surface area contributed by atoms with Crippen molar-refractivity contribution < 1.29 is 18.0 Å². The van der Waals surface area contributed by atoms with Gasteiger partial charge in [-0.3, -0.25) is 4.79 Å². The van der Waals surface area contributed by atoms with Crippen LogP contribution in [-0.4, -0.2) is 23.4 Å². The number of halogens is 4. The second kappa shape index (κ2) is 8.45.